The van der Waals surface area contributed by atoms with E-state index in [-0.39, 0.29) is 29.6 Å². The molecule has 0 aromatic heterocycles. The first-order chi connectivity index (χ1) is 7.41. The molecule has 0 saturated heterocycles. The van der Waals surface area contributed by atoms with Crippen LogP contribution in [0.1, 0.15) is 71.1 Å². The van der Waals surface area contributed by atoms with Crippen molar-refractivity contribution in [2.75, 3.05) is 6.54 Å². The first kappa shape index (κ1) is 19.1. The molecule has 0 saturated carbocycles. The van der Waals surface area contributed by atoms with Crippen LogP contribution in [0.25, 0.3) is 0 Å². The van der Waals surface area contributed by atoms with Gasteiger partial charge in [-0.25, -0.2) is 4.99 Å². The van der Waals surface area contributed by atoms with Gasteiger partial charge in [-0.3, -0.25) is 0 Å². The number of isothiocyanates is 1. The molecule has 0 aliphatic rings. The average Bonchev–Trinajstić information content (AvgIpc) is 2.26. The molecule has 0 N–H and O–H groups in total. The molecule has 1 nitrogen and oxygen atoms in total. The Labute approximate surface area is 129 Å². The number of aliphatic imine (C=N–C) groups is 1. The van der Waals surface area contributed by atoms with Gasteiger partial charge in [-0.1, -0.05) is 64.7 Å². The summed E-state index contributed by atoms with van der Waals surface area (Å²) in [7, 11) is 0. The number of unbranched alkanes of at least 4 members (excludes halogenated alkanes) is 9. The average molecular weight is 250 g/mol. The predicted molar refractivity (Wildman–Crippen MR) is 71.7 cm³/mol. The Morgan fingerprint density at radius 1 is 0.812 bits per heavy atom. The molecule has 16 heavy (non-hydrogen) atoms. The third-order valence-corrected chi connectivity index (χ3v) is 2.82. The first-order valence-electron chi connectivity index (χ1n) is 6.45. The summed E-state index contributed by atoms with van der Waals surface area (Å²) in [5, 5.41) is 2.41. The summed E-state index contributed by atoms with van der Waals surface area (Å²) >= 11 is 4.51. The normalized spacial score (nSPS) is 9.31. The van der Waals surface area contributed by atoms with Crippen molar-refractivity contribution in [3.05, 3.63) is 0 Å². The maximum atomic E-state index is 4.51. The number of thiocarbonyl (C=S) groups is 1. The second-order valence-electron chi connectivity index (χ2n) is 4.15. The largest absolute Gasteiger partial charge is 1.00 e. The standard InChI is InChI=1S/C13H25NS.Na/c1-2-3-4-5-6-7-8-9-10-11-12-14-13-15;/h2-12H2,1H3;/q;+1. The van der Waals surface area contributed by atoms with Gasteiger partial charge < -0.3 is 0 Å². The number of hydrogen-bond donors (Lipinski definition) is 0. The van der Waals surface area contributed by atoms with Gasteiger partial charge in [-0.05, 0) is 18.6 Å². The van der Waals surface area contributed by atoms with Crippen molar-refractivity contribution in [2.45, 2.75) is 71.1 Å². The van der Waals surface area contributed by atoms with Crippen molar-refractivity contribution >= 4 is 17.4 Å². The fourth-order valence-electron chi connectivity index (χ4n) is 1.72. The summed E-state index contributed by atoms with van der Waals surface area (Å²) in [5.41, 5.74) is 0. The molecule has 0 aromatic rings. The van der Waals surface area contributed by atoms with Crippen molar-refractivity contribution in [1.29, 1.82) is 0 Å². The van der Waals surface area contributed by atoms with Crippen molar-refractivity contribution in [3.63, 3.8) is 0 Å². The van der Waals surface area contributed by atoms with Gasteiger partial charge in [0.05, 0.1) is 5.16 Å². The molecule has 0 atom stereocenters. The summed E-state index contributed by atoms with van der Waals surface area (Å²) in [6.45, 7) is 3.14. The van der Waals surface area contributed by atoms with Crippen molar-refractivity contribution in [2.24, 2.45) is 4.99 Å². The van der Waals surface area contributed by atoms with Crippen LogP contribution in [0.5, 0.6) is 0 Å². The van der Waals surface area contributed by atoms with Crippen molar-refractivity contribution in [1.82, 2.24) is 0 Å². The van der Waals surface area contributed by atoms with E-state index in [2.05, 4.69) is 29.3 Å². The number of nitrogens with zero attached hydrogens (tertiary/aromatic N) is 1. The van der Waals surface area contributed by atoms with E-state index in [4.69, 9.17) is 0 Å². The van der Waals surface area contributed by atoms with Crippen LogP contribution in [0.15, 0.2) is 4.99 Å². The van der Waals surface area contributed by atoms with E-state index < -0.39 is 0 Å². The summed E-state index contributed by atoms with van der Waals surface area (Å²) in [6, 6.07) is 0. The molecule has 0 aliphatic heterocycles. The molecule has 3 heteroatoms. The summed E-state index contributed by atoms with van der Waals surface area (Å²) in [6.07, 6.45) is 13.7. The topological polar surface area (TPSA) is 12.4 Å². The molecule has 0 fully saturated rings. The van der Waals surface area contributed by atoms with Crippen LogP contribution in [-0.2, 0) is 0 Å². The van der Waals surface area contributed by atoms with Gasteiger partial charge in [0.1, 0.15) is 0 Å². The summed E-state index contributed by atoms with van der Waals surface area (Å²) < 4.78 is 0. The minimum absolute atomic E-state index is 0. The molecule has 0 aliphatic carbocycles. The monoisotopic (exact) mass is 250 g/mol. The second-order valence-corrected chi connectivity index (χ2v) is 4.34. The molecule has 0 unspecified atom stereocenters. The molecule has 88 valence electrons. The fraction of sp³-hybridized carbons (Fsp3) is 0.923. The molecule has 0 amide bonds. The van der Waals surface area contributed by atoms with E-state index >= 15 is 0 Å². The predicted octanol–water partition coefficient (Wildman–Crippen LogP) is 2.01. The Morgan fingerprint density at radius 3 is 1.69 bits per heavy atom. The van der Waals surface area contributed by atoms with Crippen LogP contribution in [0.3, 0.4) is 0 Å². The molecule has 0 bridgehead atoms. The zero-order chi connectivity index (χ0) is 11.2. The van der Waals surface area contributed by atoms with Gasteiger partial charge in [0.25, 0.3) is 0 Å². The smallest absolute Gasteiger partial charge is 0.233 e. The molecule has 0 aromatic carbocycles. The molecular formula is C13H25NNaS+. The fourth-order valence-corrected chi connectivity index (χ4v) is 1.82. The van der Waals surface area contributed by atoms with Crippen LogP contribution < -0.4 is 29.6 Å². The van der Waals surface area contributed by atoms with Crippen LogP contribution >= 0.6 is 12.2 Å². The van der Waals surface area contributed by atoms with Crippen LogP contribution in [0.4, 0.5) is 0 Å². The van der Waals surface area contributed by atoms with Gasteiger partial charge >= 0.3 is 29.6 Å². The summed E-state index contributed by atoms with van der Waals surface area (Å²) in [5.74, 6) is 0. The third-order valence-electron chi connectivity index (χ3n) is 2.69. The third kappa shape index (κ3) is 17.2. The number of hydrogen-bond acceptors (Lipinski definition) is 2. The van der Waals surface area contributed by atoms with E-state index in [0.717, 1.165) is 6.54 Å². The van der Waals surface area contributed by atoms with Gasteiger partial charge in [-0.15, -0.1) is 0 Å². The van der Waals surface area contributed by atoms with Gasteiger partial charge in [0.15, 0.2) is 0 Å². The van der Waals surface area contributed by atoms with Gasteiger partial charge in [0.2, 0.25) is 0 Å². The molecule has 0 heterocycles. The van der Waals surface area contributed by atoms with E-state index in [1.54, 1.807) is 0 Å². The maximum Gasteiger partial charge on any atom is 1.00 e. The quantitative estimate of drug-likeness (QED) is 0.236. The minimum Gasteiger partial charge on any atom is -0.233 e. The minimum atomic E-state index is 0. The molecule has 0 radical (unpaired) electrons. The Balaban J connectivity index is 0. The Kier molecular flexibility index (Phi) is 21.7. The van der Waals surface area contributed by atoms with Crippen molar-refractivity contribution < 1.29 is 29.6 Å². The van der Waals surface area contributed by atoms with E-state index in [1.807, 2.05) is 0 Å². The van der Waals surface area contributed by atoms with E-state index in [1.165, 1.54) is 64.2 Å². The SMILES string of the molecule is CCCCCCCCCCCCN=C=S.[Na+]. The first-order valence-corrected chi connectivity index (χ1v) is 6.86. The Bertz CT molecular complexity index is 167. The number of rotatable bonds is 11. The maximum absolute atomic E-state index is 4.51. The molecule has 0 spiro atoms. The van der Waals surface area contributed by atoms with E-state index in [9.17, 15) is 0 Å². The Hall–Kier alpha value is 0.800. The zero-order valence-corrected chi connectivity index (χ0v) is 14.0. The van der Waals surface area contributed by atoms with Gasteiger partial charge in [-0.2, -0.15) is 0 Å². The second kappa shape index (κ2) is 18.2. The zero-order valence-electron chi connectivity index (χ0n) is 11.1. The van der Waals surface area contributed by atoms with Crippen LogP contribution in [-0.4, -0.2) is 11.7 Å². The molecular weight excluding hydrogens is 225 g/mol. The van der Waals surface area contributed by atoms with Crippen LogP contribution in [0.2, 0.25) is 0 Å². The summed E-state index contributed by atoms with van der Waals surface area (Å²) in [4.78, 5) is 3.90. The van der Waals surface area contributed by atoms with E-state index in [0.29, 0.717) is 0 Å². The van der Waals surface area contributed by atoms with Crippen molar-refractivity contribution in [3.8, 4) is 0 Å². The molecule has 0 rings (SSSR count). The van der Waals surface area contributed by atoms with Gasteiger partial charge in [0, 0.05) is 6.54 Å². The van der Waals surface area contributed by atoms with Crippen LogP contribution in [0, 0.1) is 0 Å². The Morgan fingerprint density at radius 2 is 1.25 bits per heavy atom.